The van der Waals surface area contributed by atoms with Crippen molar-refractivity contribution in [2.45, 2.75) is 125 Å². The second-order valence-corrected chi connectivity index (χ2v) is 24.3. The highest BCUT2D eigenvalue weighted by atomic mass is 31.0. The Morgan fingerprint density at radius 2 is 0.927 bits per heavy atom. The number of benzene rings is 6. The van der Waals surface area contributed by atoms with E-state index in [1.165, 1.54) is 92.0 Å². The molecule has 10 atom stereocenters. The van der Waals surface area contributed by atoms with Gasteiger partial charge in [-0.25, -0.2) is 14.6 Å². The summed E-state index contributed by atoms with van der Waals surface area (Å²) in [5.41, 5.74) is 11.0. The fourth-order valence-corrected chi connectivity index (χ4v) is 13.7. The van der Waals surface area contributed by atoms with Crippen molar-refractivity contribution in [2.75, 3.05) is 32.1 Å². The number of carbonyl (C=O) groups excluding carboxylic acids is 3. The zero-order chi connectivity index (χ0) is 57.0. The molecule has 6 aromatic rings. The SMILES string of the molecule is O=C(/C=C/c1ccc(CP)cc1)OC1CO[C@@H]2[C@@H](OOC/C=C/c3ccc(CP)cc3)CO[C@H]12.O=C(C[C@H](c1ccccc1)[C@H](CC(=O)c1ccc(C2CCC(CP)CC2)cc1)c1ccccc1)c1ccc(C2CCC(CP)CC2)cc1. The van der Waals surface area contributed by atoms with Gasteiger partial charge in [0.25, 0.3) is 0 Å². The second-order valence-electron chi connectivity index (χ2n) is 22.6. The van der Waals surface area contributed by atoms with E-state index in [0.29, 0.717) is 37.9 Å². The molecule has 0 spiro atoms. The summed E-state index contributed by atoms with van der Waals surface area (Å²) in [5, 5.41) is 0. The molecular weight excluding hydrogens is 1090 g/mol. The maximum Gasteiger partial charge on any atom is 0.331 e. The molecule has 4 fully saturated rings. The molecule has 2 saturated carbocycles. The number of Topliss-reactive ketones (excluding diaryl/α,β-unsaturated/α-hetero) is 2. The van der Waals surface area contributed by atoms with Crippen LogP contribution >= 0.6 is 37.0 Å². The predicted molar refractivity (Wildman–Crippen MR) is 346 cm³/mol. The lowest BCUT2D eigenvalue weighted by molar-refractivity contribution is -0.326. The second kappa shape index (κ2) is 31.9. The molecule has 2 heterocycles. The molecule has 82 heavy (non-hydrogen) atoms. The van der Waals surface area contributed by atoms with Crippen LogP contribution in [0.25, 0.3) is 12.2 Å². The van der Waals surface area contributed by atoms with Crippen LogP contribution in [0.4, 0.5) is 0 Å². The van der Waals surface area contributed by atoms with Gasteiger partial charge in [-0.05, 0) is 162 Å². The van der Waals surface area contributed by atoms with Crippen LogP contribution in [0, 0.1) is 11.8 Å². The summed E-state index contributed by atoms with van der Waals surface area (Å²) in [5.74, 6) is 2.45. The average Bonchev–Trinajstić information content (AvgIpc) is 4.21. The van der Waals surface area contributed by atoms with Crippen LogP contribution in [0.2, 0.25) is 0 Å². The fraction of sp³-hybridized carbons (Fsp3) is 0.386. The Kier molecular flexibility index (Phi) is 24.0. The Morgan fingerprint density at radius 1 is 0.500 bits per heavy atom. The first-order valence-electron chi connectivity index (χ1n) is 29.6. The Morgan fingerprint density at radius 3 is 1.37 bits per heavy atom. The predicted octanol–water partition coefficient (Wildman–Crippen LogP) is 15.6. The van der Waals surface area contributed by atoms with Crippen molar-refractivity contribution in [2.24, 2.45) is 11.8 Å². The summed E-state index contributed by atoms with van der Waals surface area (Å²) >= 11 is 0. The standard InChI is InChI=1S/C44H52O2P2.C26H30O6P2/c45-43(39-23-19-35(20-24-39)33-15-11-31(29-47)12-16-33)27-41(37-7-3-1-4-8-37)42(38-9-5-2-6-10-38)28-44(46)40-25-21-36(22-26-40)34-17-13-32(30-48)14-18-34;27-24(12-11-19-5-9-21(17-34)10-6-19)31-22-14-28-26-23(15-29-25(22)26)32-30-13-1-2-18-3-7-20(16-33)8-4-18/h1-10,19-26,31-34,41-42H,11-18,27-30,47-48H2;1-12,22-23,25-26H,13-17,33-34H2/b;2-1+,12-11+/t31?,32?,33?,34?,41-,42-;22?,23-,25+,26+/m10/s1. The van der Waals surface area contributed by atoms with Crippen molar-refractivity contribution in [1.82, 2.24) is 0 Å². The third-order valence-electron chi connectivity index (χ3n) is 17.3. The highest BCUT2D eigenvalue weighted by Gasteiger charge is 2.50. The van der Waals surface area contributed by atoms with Crippen molar-refractivity contribution in [1.29, 1.82) is 0 Å². The van der Waals surface area contributed by atoms with E-state index in [4.69, 9.17) is 24.0 Å². The number of rotatable bonds is 23. The minimum absolute atomic E-state index is 0.127. The number of hydrogen-bond acceptors (Lipinski definition) is 8. The van der Waals surface area contributed by atoms with Crippen molar-refractivity contribution in [3.8, 4) is 0 Å². The topological polar surface area (TPSA) is 97.4 Å². The summed E-state index contributed by atoms with van der Waals surface area (Å²) in [4.78, 5) is 51.2. The number of ketones is 2. The maximum atomic E-state index is 14.0. The van der Waals surface area contributed by atoms with E-state index >= 15 is 0 Å². The number of fused-ring (bicyclic) bond motifs is 1. The van der Waals surface area contributed by atoms with E-state index in [1.807, 2.05) is 97.1 Å². The average molecular weight is 1180 g/mol. The lowest BCUT2D eigenvalue weighted by Crippen LogP contribution is -2.34. The van der Waals surface area contributed by atoms with Gasteiger partial charge >= 0.3 is 5.97 Å². The third-order valence-corrected chi connectivity index (χ3v) is 19.5. The molecule has 10 rings (SSSR count). The smallest absolute Gasteiger partial charge is 0.331 e. The van der Waals surface area contributed by atoms with Gasteiger partial charge in [-0.3, -0.25) is 9.59 Å². The normalized spacial score (nSPS) is 23.2. The van der Waals surface area contributed by atoms with Crippen molar-refractivity contribution >= 4 is 66.6 Å². The zero-order valence-corrected chi connectivity index (χ0v) is 51.8. The van der Waals surface area contributed by atoms with Gasteiger partial charge in [0, 0.05) is 30.0 Å². The van der Waals surface area contributed by atoms with E-state index in [2.05, 4.69) is 110 Å². The van der Waals surface area contributed by atoms with Crippen LogP contribution in [0.1, 0.15) is 153 Å². The van der Waals surface area contributed by atoms with Crippen LogP contribution in [0.15, 0.2) is 170 Å². The molecule has 4 aliphatic rings. The molecule has 8 nitrogen and oxygen atoms in total. The van der Waals surface area contributed by atoms with Gasteiger partial charge in [-0.2, -0.15) is 0 Å². The molecular formula is C70H82O8P4. The highest BCUT2D eigenvalue weighted by Crippen LogP contribution is 2.42. The lowest BCUT2D eigenvalue weighted by Gasteiger charge is -2.29. The van der Waals surface area contributed by atoms with Gasteiger partial charge in [-0.1, -0.05) is 170 Å². The largest absolute Gasteiger partial charge is 0.454 e. The molecule has 0 aromatic heterocycles. The molecule has 2 aliphatic heterocycles. The first-order valence-corrected chi connectivity index (χ1v) is 32.9. The maximum absolute atomic E-state index is 14.0. The summed E-state index contributed by atoms with van der Waals surface area (Å²) in [6.07, 6.45) is 20.5. The Balaban J connectivity index is 0.000000210. The summed E-state index contributed by atoms with van der Waals surface area (Å²) in [6, 6.07) is 53.9. The number of esters is 1. The summed E-state index contributed by atoms with van der Waals surface area (Å²) < 4.78 is 17.1. The van der Waals surface area contributed by atoms with E-state index in [9.17, 15) is 14.4 Å². The highest BCUT2D eigenvalue weighted by molar-refractivity contribution is 7.16. The van der Waals surface area contributed by atoms with Crippen LogP contribution in [0.5, 0.6) is 0 Å². The minimum atomic E-state index is -0.473. The van der Waals surface area contributed by atoms with E-state index in [-0.39, 0.29) is 48.3 Å². The number of carbonyl (C=O) groups is 3. The molecule has 6 aromatic carbocycles. The van der Waals surface area contributed by atoms with Crippen molar-refractivity contribution in [3.05, 3.63) is 226 Å². The fourth-order valence-electron chi connectivity index (χ4n) is 12.2. The first kappa shape index (κ1) is 61.7. The van der Waals surface area contributed by atoms with Crippen LogP contribution in [-0.2, 0) is 41.1 Å². The molecule has 2 saturated heterocycles. The van der Waals surface area contributed by atoms with Gasteiger partial charge in [0.05, 0.1) is 13.2 Å². The Hall–Kier alpha value is -4.83. The van der Waals surface area contributed by atoms with Gasteiger partial charge in [-0.15, -0.1) is 37.0 Å². The van der Waals surface area contributed by atoms with Gasteiger partial charge in [0.15, 0.2) is 17.7 Å². The molecule has 2 aliphatic carbocycles. The Bertz CT molecular complexity index is 2850. The quantitative estimate of drug-likeness (QED) is 0.0119. The zero-order valence-electron chi connectivity index (χ0n) is 47.2. The van der Waals surface area contributed by atoms with Crippen molar-refractivity contribution in [3.63, 3.8) is 0 Å². The number of hydrogen-bond donors (Lipinski definition) is 0. The molecule has 0 N–H and O–H groups in total. The first-order chi connectivity index (χ1) is 40.2. The van der Waals surface area contributed by atoms with E-state index < -0.39 is 12.1 Å². The van der Waals surface area contributed by atoms with Crippen LogP contribution in [-0.4, -0.2) is 74.1 Å². The monoisotopic (exact) mass is 1170 g/mol. The van der Waals surface area contributed by atoms with E-state index in [0.717, 1.165) is 57.5 Å². The molecule has 12 heteroatoms. The third kappa shape index (κ3) is 17.4. The van der Waals surface area contributed by atoms with Crippen LogP contribution < -0.4 is 0 Å². The van der Waals surface area contributed by atoms with Gasteiger partial charge < -0.3 is 14.2 Å². The molecule has 5 unspecified atom stereocenters. The van der Waals surface area contributed by atoms with Crippen LogP contribution in [0.3, 0.4) is 0 Å². The lowest BCUT2D eigenvalue weighted by atomic mass is 9.74. The minimum Gasteiger partial charge on any atom is -0.454 e. The van der Waals surface area contributed by atoms with Gasteiger partial charge in [0.2, 0.25) is 0 Å². The Labute approximate surface area is 496 Å². The summed E-state index contributed by atoms with van der Waals surface area (Å²) in [6.45, 7) is 0.895. The van der Waals surface area contributed by atoms with Gasteiger partial charge in [0.1, 0.15) is 24.9 Å². The molecule has 0 bridgehead atoms. The van der Waals surface area contributed by atoms with E-state index in [1.54, 1.807) is 6.08 Å². The summed E-state index contributed by atoms with van der Waals surface area (Å²) in [7, 11) is 11.2. The van der Waals surface area contributed by atoms with Crippen molar-refractivity contribution < 1.29 is 38.4 Å². The molecule has 430 valence electrons. The molecule has 0 amide bonds. The molecule has 0 radical (unpaired) electrons. The number of ether oxygens (including phenoxy) is 3.